The SMILES string of the molecule is CCCCCCCCCCCCc1ccccc1C(=O)C(O)c1ccccc1. The maximum absolute atomic E-state index is 12.8. The van der Waals surface area contributed by atoms with Gasteiger partial charge in [-0.25, -0.2) is 0 Å². The molecule has 1 unspecified atom stereocenters. The van der Waals surface area contributed by atoms with Crippen LogP contribution in [0.4, 0.5) is 0 Å². The van der Waals surface area contributed by atoms with E-state index >= 15 is 0 Å². The minimum Gasteiger partial charge on any atom is -0.380 e. The van der Waals surface area contributed by atoms with Crippen LogP contribution in [0.3, 0.4) is 0 Å². The summed E-state index contributed by atoms with van der Waals surface area (Å²) in [6, 6.07) is 16.9. The van der Waals surface area contributed by atoms with Gasteiger partial charge < -0.3 is 5.11 Å². The van der Waals surface area contributed by atoms with Crippen LogP contribution in [-0.4, -0.2) is 10.9 Å². The van der Waals surface area contributed by atoms with E-state index in [0.717, 1.165) is 18.4 Å². The Labute approximate surface area is 171 Å². The van der Waals surface area contributed by atoms with Crippen molar-refractivity contribution in [2.24, 2.45) is 0 Å². The normalized spacial score (nSPS) is 12.1. The number of benzene rings is 2. The highest BCUT2D eigenvalue weighted by atomic mass is 16.3. The lowest BCUT2D eigenvalue weighted by Gasteiger charge is -2.13. The molecule has 2 rings (SSSR count). The molecular formula is C26H36O2. The van der Waals surface area contributed by atoms with Crippen LogP contribution in [0.25, 0.3) is 0 Å². The number of Topliss-reactive ketones (excluding diaryl/α,β-unsaturated/α-hetero) is 1. The molecule has 0 bridgehead atoms. The van der Waals surface area contributed by atoms with E-state index in [-0.39, 0.29) is 5.78 Å². The van der Waals surface area contributed by atoms with Crippen LogP contribution in [-0.2, 0) is 6.42 Å². The zero-order valence-corrected chi connectivity index (χ0v) is 17.4. The lowest BCUT2D eigenvalue weighted by Crippen LogP contribution is -2.14. The zero-order chi connectivity index (χ0) is 20.0. The highest BCUT2D eigenvalue weighted by molar-refractivity contribution is 6.01. The van der Waals surface area contributed by atoms with Gasteiger partial charge in [-0.2, -0.15) is 0 Å². The van der Waals surface area contributed by atoms with Gasteiger partial charge in [-0.05, 0) is 24.0 Å². The van der Waals surface area contributed by atoms with Gasteiger partial charge in [-0.3, -0.25) is 4.79 Å². The van der Waals surface area contributed by atoms with E-state index in [4.69, 9.17) is 0 Å². The molecule has 0 aliphatic rings. The molecule has 2 aromatic rings. The number of ketones is 1. The Balaban J connectivity index is 1.75. The van der Waals surface area contributed by atoms with E-state index in [9.17, 15) is 9.90 Å². The Morgan fingerprint density at radius 2 is 1.29 bits per heavy atom. The summed E-state index contributed by atoms with van der Waals surface area (Å²) in [4.78, 5) is 12.8. The minimum absolute atomic E-state index is 0.200. The molecule has 0 radical (unpaired) electrons. The molecule has 28 heavy (non-hydrogen) atoms. The molecule has 0 spiro atoms. The average molecular weight is 381 g/mol. The Morgan fingerprint density at radius 3 is 1.93 bits per heavy atom. The van der Waals surface area contributed by atoms with E-state index in [1.807, 2.05) is 42.5 Å². The predicted molar refractivity (Wildman–Crippen MR) is 118 cm³/mol. The molecule has 0 aromatic heterocycles. The monoisotopic (exact) mass is 380 g/mol. The quantitative estimate of drug-likeness (QED) is 0.281. The van der Waals surface area contributed by atoms with E-state index in [1.165, 1.54) is 57.8 Å². The molecule has 2 aromatic carbocycles. The maximum atomic E-state index is 12.8. The third-order valence-corrected chi connectivity index (χ3v) is 5.45. The van der Waals surface area contributed by atoms with Crippen LogP contribution < -0.4 is 0 Å². The predicted octanol–water partition coefficient (Wildman–Crippen LogP) is 7.07. The first-order valence-electron chi connectivity index (χ1n) is 11.1. The van der Waals surface area contributed by atoms with Crippen molar-refractivity contribution in [3.63, 3.8) is 0 Å². The van der Waals surface area contributed by atoms with Crippen molar-refractivity contribution in [2.45, 2.75) is 83.7 Å². The van der Waals surface area contributed by atoms with Gasteiger partial charge in [0.2, 0.25) is 0 Å². The first kappa shape index (κ1) is 22.4. The largest absolute Gasteiger partial charge is 0.380 e. The number of hydrogen-bond donors (Lipinski definition) is 1. The van der Waals surface area contributed by atoms with Crippen LogP contribution >= 0.6 is 0 Å². The van der Waals surface area contributed by atoms with Crippen molar-refractivity contribution < 1.29 is 9.90 Å². The van der Waals surface area contributed by atoms with Crippen molar-refractivity contribution in [3.05, 3.63) is 71.3 Å². The topological polar surface area (TPSA) is 37.3 Å². The van der Waals surface area contributed by atoms with Crippen molar-refractivity contribution in [3.8, 4) is 0 Å². The number of hydrogen-bond acceptors (Lipinski definition) is 2. The fourth-order valence-corrected chi connectivity index (χ4v) is 3.72. The number of rotatable bonds is 14. The van der Waals surface area contributed by atoms with E-state index in [0.29, 0.717) is 11.1 Å². The Kier molecular flexibility index (Phi) is 10.6. The summed E-state index contributed by atoms with van der Waals surface area (Å²) in [7, 11) is 0. The number of aliphatic hydroxyl groups is 1. The van der Waals surface area contributed by atoms with Crippen molar-refractivity contribution >= 4 is 5.78 Å². The van der Waals surface area contributed by atoms with Gasteiger partial charge in [-0.1, -0.05) is 119 Å². The van der Waals surface area contributed by atoms with E-state index < -0.39 is 6.10 Å². The summed E-state index contributed by atoms with van der Waals surface area (Å²) in [6.45, 7) is 2.26. The highest BCUT2D eigenvalue weighted by Gasteiger charge is 2.21. The molecule has 0 heterocycles. The van der Waals surface area contributed by atoms with E-state index in [1.54, 1.807) is 12.1 Å². The highest BCUT2D eigenvalue weighted by Crippen LogP contribution is 2.22. The average Bonchev–Trinajstić information content (AvgIpc) is 2.75. The van der Waals surface area contributed by atoms with Gasteiger partial charge >= 0.3 is 0 Å². The first-order valence-corrected chi connectivity index (χ1v) is 11.1. The minimum atomic E-state index is -1.09. The van der Waals surface area contributed by atoms with E-state index in [2.05, 4.69) is 6.92 Å². The van der Waals surface area contributed by atoms with Gasteiger partial charge in [0, 0.05) is 5.56 Å². The Morgan fingerprint density at radius 1 is 0.750 bits per heavy atom. The number of carbonyl (C=O) groups excluding carboxylic acids is 1. The molecule has 1 N–H and O–H groups in total. The Hall–Kier alpha value is -1.93. The van der Waals surface area contributed by atoms with Crippen LogP contribution in [0, 0.1) is 0 Å². The van der Waals surface area contributed by atoms with Crippen LogP contribution in [0.5, 0.6) is 0 Å². The molecule has 0 saturated heterocycles. The second kappa shape index (κ2) is 13.3. The van der Waals surface area contributed by atoms with Crippen LogP contribution in [0.1, 0.15) is 98.7 Å². The van der Waals surface area contributed by atoms with Gasteiger partial charge in [0.15, 0.2) is 5.78 Å². The van der Waals surface area contributed by atoms with Gasteiger partial charge in [0.1, 0.15) is 6.10 Å². The molecule has 0 fully saturated rings. The molecule has 152 valence electrons. The molecule has 0 aliphatic heterocycles. The van der Waals surface area contributed by atoms with Gasteiger partial charge in [-0.15, -0.1) is 0 Å². The smallest absolute Gasteiger partial charge is 0.196 e. The second-order valence-corrected chi connectivity index (χ2v) is 7.77. The first-order chi connectivity index (χ1) is 13.7. The number of carbonyl (C=O) groups is 1. The fraction of sp³-hybridized carbons (Fsp3) is 0.500. The lowest BCUT2D eigenvalue weighted by atomic mass is 9.93. The molecular weight excluding hydrogens is 344 g/mol. The van der Waals surface area contributed by atoms with Gasteiger partial charge in [0.25, 0.3) is 0 Å². The third kappa shape index (κ3) is 7.59. The molecule has 0 amide bonds. The number of aryl methyl sites for hydroxylation is 1. The molecule has 1 atom stereocenters. The van der Waals surface area contributed by atoms with Crippen LogP contribution in [0.2, 0.25) is 0 Å². The van der Waals surface area contributed by atoms with Crippen molar-refractivity contribution in [2.75, 3.05) is 0 Å². The van der Waals surface area contributed by atoms with Crippen molar-refractivity contribution in [1.29, 1.82) is 0 Å². The summed E-state index contributed by atoms with van der Waals surface area (Å²) in [5.74, 6) is -0.200. The molecule has 2 heteroatoms. The molecule has 0 aliphatic carbocycles. The van der Waals surface area contributed by atoms with Gasteiger partial charge in [0.05, 0.1) is 0 Å². The summed E-state index contributed by atoms with van der Waals surface area (Å²) in [6.07, 6.45) is 12.9. The summed E-state index contributed by atoms with van der Waals surface area (Å²) >= 11 is 0. The van der Waals surface area contributed by atoms with Crippen molar-refractivity contribution in [1.82, 2.24) is 0 Å². The zero-order valence-electron chi connectivity index (χ0n) is 17.4. The molecule has 2 nitrogen and oxygen atoms in total. The summed E-state index contributed by atoms with van der Waals surface area (Å²) < 4.78 is 0. The number of aliphatic hydroxyl groups excluding tert-OH is 1. The molecule has 0 saturated carbocycles. The third-order valence-electron chi connectivity index (χ3n) is 5.45. The standard InChI is InChI=1S/C26H36O2/c1-2-3-4-5-6-7-8-9-10-12-17-22-18-15-16-21-24(22)26(28)25(27)23-19-13-11-14-20-23/h11,13-16,18-21,25,27H,2-10,12,17H2,1H3. The second-order valence-electron chi connectivity index (χ2n) is 7.77. The lowest BCUT2D eigenvalue weighted by molar-refractivity contribution is 0.0746. The fourth-order valence-electron chi connectivity index (χ4n) is 3.72. The maximum Gasteiger partial charge on any atom is 0.196 e. The number of unbranched alkanes of at least 4 members (excludes halogenated alkanes) is 9. The Bertz CT molecular complexity index is 678. The summed E-state index contributed by atoms with van der Waals surface area (Å²) in [5.41, 5.74) is 2.37. The van der Waals surface area contributed by atoms with Crippen LogP contribution in [0.15, 0.2) is 54.6 Å². The summed E-state index contributed by atoms with van der Waals surface area (Å²) in [5, 5.41) is 10.5.